The Bertz CT molecular complexity index is 787. The van der Waals surface area contributed by atoms with Crippen molar-refractivity contribution < 1.29 is 14.6 Å². The largest absolute Gasteiger partial charge is 0.488 e. The zero-order chi connectivity index (χ0) is 14.8. The van der Waals surface area contributed by atoms with Gasteiger partial charge in [-0.3, -0.25) is 0 Å². The van der Waals surface area contributed by atoms with E-state index in [0.29, 0.717) is 12.2 Å². The van der Waals surface area contributed by atoms with Gasteiger partial charge in [-0.25, -0.2) is 4.79 Å². The molecule has 0 saturated carbocycles. The fraction of sp³-hybridized carbons (Fsp3) is 0.118. The predicted molar refractivity (Wildman–Crippen MR) is 84.3 cm³/mol. The second-order valence-electron chi connectivity index (χ2n) is 4.84. The topological polar surface area (TPSA) is 46.5 Å². The van der Waals surface area contributed by atoms with Gasteiger partial charge >= 0.3 is 5.97 Å². The van der Waals surface area contributed by atoms with Crippen molar-refractivity contribution in [2.24, 2.45) is 0 Å². The van der Waals surface area contributed by atoms with Crippen molar-refractivity contribution in [3.63, 3.8) is 0 Å². The standard InChI is InChI=1S/C17H14O3S/c1-11-5-7-13(8-6-11)20-10-14-9-12-3-2-4-15(17(18)19)16(12)21-14/h2-9H,10H2,1H3,(H,18,19). The summed E-state index contributed by atoms with van der Waals surface area (Å²) in [6.45, 7) is 2.48. The highest BCUT2D eigenvalue weighted by Crippen LogP contribution is 2.29. The molecule has 0 radical (unpaired) electrons. The molecule has 0 aliphatic rings. The maximum absolute atomic E-state index is 11.2. The van der Waals surface area contributed by atoms with Crippen LogP contribution in [0, 0.1) is 6.92 Å². The van der Waals surface area contributed by atoms with Crippen LogP contribution < -0.4 is 4.74 Å². The van der Waals surface area contributed by atoms with E-state index in [9.17, 15) is 9.90 Å². The summed E-state index contributed by atoms with van der Waals surface area (Å²) in [4.78, 5) is 12.2. The third-order valence-electron chi connectivity index (χ3n) is 3.23. The fourth-order valence-electron chi connectivity index (χ4n) is 2.14. The molecule has 3 rings (SSSR count). The van der Waals surface area contributed by atoms with Crippen LogP contribution >= 0.6 is 11.3 Å². The van der Waals surface area contributed by atoms with Crippen LogP contribution in [0.1, 0.15) is 20.8 Å². The lowest BCUT2D eigenvalue weighted by molar-refractivity contribution is 0.0699. The molecule has 21 heavy (non-hydrogen) atoms. The summed E-state index contributed by atoms with van der Waals surface area (Å²) in [5.74, 6) is -0.0787. The highest BCUT2D eigenvalue weighted by atomic mass is 32.1. The number of hydrogen-bond donors (Lipinski definition) is 1. The summed E-state index contributed by atoms with van der Waals surface area (Å²) in [7, 11) is 0. The first-order chi connectivity index (χ1) is 10.1. The molecule has 0 saturated heterocycles. The van der Waals surface area contributed by atoms with Crippen LogP contribution in [-0.2, 0) is 6.61 Å². The lowest BCUT2D eigenvalue weighted by Crippen LogP contribution is -1.94. The summed E-state index contributed by atoms with van der Waals surface area (Å²) in [5, 5.41) is 10.1. The SMILES string of the molecule is Cc1ccc(OCc2cc3cccc(C(=O)O)c3s2)cc1. The number of carboxylic acid groups (broad SMARTS) is 1. The highest BCUT2D eigenvalue weighted by molar-refractivity contribution is 7.19. The molecular weight excluding hydrogens is 284 g/mol. The molecule has 0 unspecified atom stereocenters. The number of aryl methyl sites for hydroxylation is 1. The second-order valence-corrected chi connectivity index (χ2v) is 5.98. The number of aromatic carboxylic acids is 1. The molecule has 106 valence electrons. The van der Waals surface area contributed by atoms with Crippen LogP contribution in [0.15, 0.2) is 48.5 Å². The fourth-order valence-corrected chi connectivity index (χ4v) is 3.22. The van der Waals surface area contributed by atoms with Crippen molar-refractivity contribution in [2.75, 3.05) is 0 Å². The molecule has 2 aromatic carbocycles. The maximum Gasteiger partial charge on any atom is 0.337 e. The Morgan fingerprint density at radius 3 is 2.67 bits per heavy atom. The van der Waals surface area contributed by atoms with E-state index >= 15 is 0 Å². The Kier molecular flexibility index (Phi) is 3.62. The molecule has 3 nitrogen and oxygen atoms in total. The number of thiophene rings is 1. The monoisotopic (exact) mass is 298 g/mol. The zero-order valence-electron chi connectivity index (χ0n) is 11.5. The van der Waals surface area contributed by atoms with E-state index in [1.54, 1.807) is 12.1 Å². The van der Waals surface area contributed by atoms with Gasteiger partial charge in [-0.05, 0) is 36.6 Å². The lowest BCUT2D eigenvalue weighted by Gasteiger charge is -2.04. The minimum absolute atomic E-state index is 0.346. The van der Waals surface area contributed by atoms with Gasteiger partial charge in [-0.2, -0.15) is 0 Å². The molecule has 1 aromatic heterocycles. The van der Waals surface area contributed by atoms with Crippen molar-refractivity contribution in [1.29, 1.82) is 0 Å². The first-order valence-electron chi connectivity index (χ1n) is 6.58. The smallest absolute Gasteiger partial charge is 0.337 e. The third kappa shape index (κ3) is 2.90. The number of carboxylic acids is 1. The van der Waals surface area contributed by atoms with Crippen LogP contribution in [0.2, 0.25) is 0 Å². The number of ether oxygens (including phenoxy) is 1. The van der Waals surface area contributed by atoms with Crippen LogP contribution in [-0.4, -0.2) is 11.1 Å². The van der Waals surface area contributed by atoms with Gasteiger partial charge in [-0.1, -0.05) is 29.8 Å². The van der Waals surface area contributed by atoms with Gasteiger partial charge in [0.15, 0.2) is 0 Å². The zero-order valence-corrected chi connectivity index (χ0v) is 12.3. The number of rotatable bonds is 4. The normalized spacial score (nSPS) is 10.7. The van der Waals surface area contributed by atoms with Crippen LogP contribution in [0.25, 0.3) is 10.1 Å². The van der Waals surface area contributed by atoms with Gasteiger partial charge in [0.1, 0.15) is 12.4 Å². The summed E-state index contributed by atoms with van der Waals surface area (Å²) in [6.07, 6.45) is 0. The Balaban J connectivity index is 1.83. The van der Waals surface area contributed by atoms with Crippen molar-refractivity contribution in [2.45, 2.75) is 13.5 Å². The average Bonchev–Trinajstić information content (AvgIpc) is 2.89. The minimum Gasteiger partial charge on any atom is -0.488 e. The molecule has 0 amide bonds. The summed E-state index contributed by atoms with van der Waals surface area (Å²) >= 11 is 1.47. The molecule has 0 aliphatic carbocycles. The first kappa shape index (κ1) is 13.6. The van der Waals surface area contributed by atoms with E-state index in [2.05, 4.69) is 0 Å². The van der Waals surface area contributed by atoms with E-state index in [1.165, 1.54) is 16.9 Å². The summed E-state index contributed by atoms with van der Waals surface area (Å²) in [5.41, 5.74) is 1.54. The highest BCUT2D eigenvalue weighted by Gasteiger charge is 2.11. The van der Waals surface area contributed by atoms with Gasteiger partial charge in [0, 0.05) is 9.58 Å². The van der Waals surface area contributed by atoms with E-state index in [-0.39, 0.29) is 0 Å². The molecule has 0 aliphatic heterocycles. The Hall–Kier alpha value is -2.33. The number of hydrogen-bond acceptors (Lipinski definition) is 3. The van der Waals surface area contributed by atoms with E-state index in [4.69, 9.17) is 4.74 Å². The Labute approximate surface area is 126 Å². The molecule has 0 fully saturated rings. The van der Waals surface area contributed by atoms with Crippen LogP contribution in [0.4, 0.5) is 0 Å². The molecule has 0 atom stereocenters. The van der Waals surface area contributed by atoms with Crippen molar-refractivity contribution >= 4 is 27.4 Å². The van der Waals surface area contributed by atoms with Gasteiger partial charge in [-0.15, -0.1) is 11.3 Å². The molecule has 3 aromatic rings. The Morgan fingerprint density at radius 1 is 1.19 bits per heavy atom. The quantitative estimate of drug-likeness (QED) is 0.772. The van der Waals surface area contributed by atoms with E-state index in [1.807, 2.05) is 43.3 Å². The van der Waals surface area contributed by atoms with E-state index < -0.39 is 5.97 Å². The van der Waals surface area contributed by atoms with Gasteiger partial charge in [0.25, 0.3) is 0 Å². The van der Waals surface area contributed by atoms with Gasteiger partial charge in [0.2, 0.25) is 0 Å². The molecule has 1 N–H and O–H groups in total. The molecule has 0 bridgehead atoms. The van der Waals surface area contributed by atoms with Gasteiger partial charge < -0.3 is 9.84 Å². The molecule has 4 heteroatoms. The molecular formula is C17H14O3S. The van der Waals surface area contributed by atoms with Crippen molar-refractivity contribution in [3.05, 3.63) is 64.5 Å². The second kappa shape index (κ2) is 5.58. The Morgan fingerprint density at radius 2 is 1.95 bits per heavy atom. The number of carbonyl (C=O) groups is 1. The molecule has 1 heterocycles. The summed E-state index contributed by atoms with van der Waals surface area (Å²) in [6, 6.07) is 15.2. The number of fused-ring (bicyclic) bond motifs is 1. The van der Waals surface area contributed by atoms with Gasteiger partial charge in [0.05, 0.1) is 5.56 Å². The maximum atomic E-state index is 11.2. The summed E-state index contributed by atoms with van der Waals surface area (Å²) < 4.78 is 6.54. The number of benzene rings is 2. The van der Waals surface area contributed by atoms with Crippen molar-refractivity contribution in [3.8, 4) is 5.75 Å². The van der Waals surface area contributed by atoms with Crippen molar-refractivity contribution in [1.82, 2.24) is 0 Å². The predicted octanol–water partition coefficient (Wildman–Crippen LogP) is 4.49. The minimum atomic E-state index is -0.895. The van der Waals surface area contributed by atoms with Crippen LogP contribution in [0.3, 0.4) is 0 Å². The molecule has 0 spiro atoms. The van der Waals surface area contributed by atoms with Crippen LogP contribution in [0.5, 0.6) is 5.75 Å². The first-order valence-corrected chi connectivity index (χ1v) is 7.39. The van der Waals surface area contributed by atoms with E-state index in [0.717, 1.165) is 20.7 Å². The lowest BCUT2D eigenvalue weighted by atomic mass is 10.1. The average molecular weight is 298 g/mol. The third-order valence-corrected chi connectivity index (χ3v) is 4.39.